The monoisotopic (exact) mass is 317 g/mol. The van der Waals surface area contributed by atoms with Crippen LogP contribution in [0.4, 0.5) is 0 Å². The van der Waals surface area contributed by atoms with Crippen molar-refractivity contribution in [1.29, 1.82) is 0 Å². The second-order valence-corrected chi connectivity index (χ2v) is 6.37. The summed E-state index contributed by atoms with van der Waals surface area (Å²) in [5.41, 5.74) is -0.668. The summed E-state index contributed by atoms with van der Waals surface area (Å²) >= 11 is 0. The molecule has 5 nitrogen and oxygen atoms in total. The van der Waals surface area contributed by atoms with E-state index in [1.54, 1.807) is 0 Å². The van der Waals surface area contributed by atoms with Crippen LogP contribution in [0, 0.1) is 0 Å². The maximum Gasteiger partial charge on any atom is 0.245 e. The van der Waals surface area contributed by atoms with Gasteiger partial charge in [-0.2, -0.15) is 0 Å². The second-order valence-electron chi connectivity index (χ2n) is 6.37. The summed E-state index contributed by atoms with van der Waals surface area (Å²) in [6.07, 6.45) is 6.62. The van der Waals surface area contributed by atoms with Gasteiger partial charge in [-0.05, 0) is 39.2 Å². The number of hydrogen-bond acceptors (Lipinski definition) is 3. The van der Waals surface area contributed by atoms with Crippen molar-refractivity contribution in [2.24, 2.45) is 0 Å². The molecule has 1 saturated heterocycles. The van der Waals surface area contributed by atoms with Gasteiger partial charge in [-0.3, -0.25) is 9.59 Å². The average molecular weight is 318 g/mol. The number of nitrogens with one attached hydrogen (secondary N) is 3. The molecule has 1 aliphatic heterocycles. The van der Waals surface area contributed by atoms with Crippen LogP contribution in [0.2, 0.25) is 0 Å². The van der Waals surface area contributed by atoms with Crippen LogP contribution in [-0.2, 0) is 9.59 Å². The fraction of sp³-hybridized carbons (Fsp3) is 0.867. The Bertz CT molecular complexity index is 370. The zero-order valence-corrected chi connectivity index (χ0v) is 13.9. The molecule has 2 rings (SSSR count). The molecule has 122 valence electrons. The molecule has 21 heavy (non-hydrogen) atoms. The first kappa shape index (κ1) is 18.2. The first-order chi connectivity index (χ1) is 9.52. The highest BCUT2D eigenvalue weighted by Gasteiger charge is 2.41. The van der Waals surface area contributed by atoms with E-state index in [1.807, 2.05) is 0 Å². The summed E-state index contributed by atoms with van der Waals surface area (Å²) in [6.45, 7) is 4.58. The Hall–Kier alpha value is -0.810. The lowest BCUT2D eigenvalue weighted by molar-refractivity contribution is -0.135. The van der Waals surface area contributed by atoms with Crippen molar-refractivity contribution < 1.29 is 9.59 Å². The van der Waals surface area contributed by atoms with Crippen molar-refractivity contribution in [2.75, 3.05) is 6.54 Å². The third-order valence-electron chi connectivity index (χ3n) is 4.52. The highest BCUT2D eigenvalue weighted by Crippen LogP contribution is 2.29. The fourth-order valence-electron chi connectivity index (χ4n) is 3.49. The maximum absolute atomic E-state index is 12.7. The smallest absolute Gasteiger partial charge is 0.245 e. The van der Waals surface area contributed by atoms with Crippen molar-refractivity contribution >= 4 is 24.2 Å². The largest absolute Gasteiger partial charge is 0.351 e. The first-order valence-electron chi connectivity index (χ1n) is 7.85. The predicted octanol–water partition coefficient (Wildman–Crippen LogP) is 1.50. The van der Waals surface area contributed by atoms with Gasteiger partial charge >= 0.3 is 0 Å². The van der Waals surface area contributed by atoms with Gasteiger partial charge in [-0.1, -0.05) is 19.3 Å². The topological polar surface area (TPSA) is 70.2 Å². The summed E-state index contributed by atoms with van der Waals surface area (Å²) in [7, 11) is 0. The van der Waals surface area contributed by atoms with Gasteiger partial charge in [0.15, 0.2) is 0 Å². The number of carbonyl (C=O) groups excluding carboxylic acids is 2. The van der Waals surface area contributed by atoms with Crippen molar-refractivity contribution in [2.45, 2.75) is 76.4 Å². The summed E-state index contributed by atoms with van der Waals surface area (Å²) in [5.74, 6) is -0.0905. The SMILES string of the molecule is CC(=O)NC1(C(=O)NC2CCNC(C)C2)CCCCC1.Cl. The molecule has 0 spiro atoms. The fourth-order valence-corrected chi connectivity index (χ4v) is 3.49. The van der Waals surface area contributed by atoms with E-state index in [2.05, 4.69) is 22.9 Å². The Morgan fingerprint density at radius 1 is 1.19 bits per heavy atom. The number of carbonyl (C=O) groups is 2. The second kappa shape index (κ2) is 7.99. The number of amides is 2. The minimum absolute atomic E-state index is 0. The zero-order valence-electron chi connectivity index (χ0n) is 13.0. The van der Waals surface area contributed by atoms with E-state index in [4.69, 9.17) is 0 Å². The van der Waals surface area contributed by atoms with Crippen molar-refractivity contribution in [3.63, 3.8) is 0 Å². The van der Waals surface area contributed by atoms with Gasteiger partial charge in [0.2, 0.25) is 11.8 Å². The van der Waals surface area contributed by atoms with Gasteiger partial charge in [0.05, 0.1) is 0 Å². The standard InChI is InChI=1S/C15H27N3O2.ClH/c1-11-10-13(6-9-16-11)17-14(20)15(18-12(2)19)7-4-3-5-8-15;/h11,13,16H,3-10H2,1-2H3,(H,17,20)(H,18,19);1H. The first-order valence-corrected chi connectivity index (χ1v) is 7.85. The number of rotatable bonds is 3. The van der Waals surface area contributed by atoms with Crippen LogP contribution in [0.25, 0.3) is 0 Å². The summed E-state index contributed by atoms with van der Waals surface area (Å²) < 4.78 is 0. The van der Waals surface area contributed by atoms with E-state index >= 15 is 0 Å². The van der Waals surface area contributed by atoms with E-state index in [0.717, 1.165) is 51.5 Å². The van der Waals surface area contributed by atoms with Gasteiger partial charge in [-0.25, -0.2) is 0 Å². The number of hydrogen-bond donors (Lipinski definition) is 3. The summed E-state index contributed by atoms with van der Waals surface area (Å²) in [4.78, 5) is 24.1. The van der Waals surface area contributed by atoms with Crippen LogP contribution < -0.4 is 16.0 Å². The quantitative estimate of drug-likeness (QED) is 0.739. The minimum Gasteiger partial charge on any atom is -0.351 e. The van der Waals surface area contributed by atoms with Crippen molar-refractivity contribution in [3.8, 4) is 0 Å². The van der Waals surface area contributed by atoms with Crippen molar-refractivity contribution in [1.82, 2.24) is 16.0 Å². The molecule has 2 aliphatic rings. The molecule has 1 aliphatic carbocycles. The third kappa shape index (κ3) is 4.85. The number of piperidine rings is 1. The van der Waals surface area contributed by atoms with Gasteiger partial charge in [-0.15, -0.1) is 12.4 Å². The zero-order chi connectivity index (χ0) is 14.6. The molecular formula is C15H28ClN3O2. The van der Waals surface area contributed by atoms with Gasteiger partial charge < -0.3 is 16.0 Å². The molecule has 2 unspecified atom stereocenters. The van der Waals surface area contributed by atoms with Crippen LogP contribution in [0.1, 0.15) is 58.8 Å². The third-order valence-corrected chi connectivity index (χ3v) is 4.52. The molecule has 1 heterocycles. The van der Waals surface area contributed by atoms with Crippen molar-refractivity contribution in [3.05, 3.63) is 0 Å². The molecule has 2 fully saturated rings. The van der Waals surface area contributed by atoms with Gasteiger partial charge in [0, 0.05) is 19.0 Å². The number of halogens is 1. The van der Waals surface area contributed by atoms with Crippen LogP contribution in [0.3, 0.4) is 0 Å². The van der Waals surface area contributed by atoms with E-state index in [1.165, 1.54) is 6.92 Å². The van der Waals surface area contributed by atoms with E-state index in [-0.39, 0.29) is 30.3 Å². The Morgan fingerprint density at radius 2 is 1.86 bits per heavy atom. The minimum atomic E-state index is -0.668. The predicted molar refractivity (Wildman–Crippen MR) is 85.5 cm³/mol. The van der Waals surface area contributed by atoms with Gasteiger partial charge in [0.1, 0.15) is 5.54 Å². The lowest BCUT2D eigenvalue weighted by Crippen LogP contribution is -2.61. The molecule has 0 aromatic rings. The molecule has 2 atom stereocenters. The normalized spacial score (nSPS) is 28.1. The summed E-state index contributed by atoms with van der Waals surface area (Å²) in [6, 6.07) is 0.670. The highest BCUT2D eigenvalue weighted by atomic mass is 35.5. The van der Waals surface area contributed by atoms with E-state index < -0.39 is 5.54 Å². The molecule has 0 radical (unpaired) electrons. The lowest BCUT2D eigenvalue weighted by Gasteiger charge is -2.38. The average Bonchev–Trinajstić information content (AvgIpc) is 2.39. The van der Waals surface area contributed by atoms with Crippen LogP contribution in [-0.4, -0.2) is 36.0 Å². The molecule has 1 saturated carbocycles. The molecule has 0 aromatic carbocycles. The van der Waals surface area contributed by atoms with E-state index in [9.17, 15) is 9.59 Å². The molecule has 0 aromatic heterocycles. The van der Waals surface area contributed by atoms with Gasteiger partial charge in [0.25, 0.3) is 0 Å². The van der Waals surface area contributed by atoms with Crippen LogP contribution in [0.15, 0.2) is 0 Å². The van der Waals surface area contributed by atoms with Crippen LogP contribution in [0.5, 0.6) is 0 Å². The Kier molecular flexibility index (Phi) is 6.94. The summed E-state index contributed by atoms with van der Waals surface area (Å²) in [5, 5.41) is 9.49. The Labute approximate surface area is 133 Å². The Balaban J connectivity index is 0.00000220. The highest BCUT2D eigenvalue weighted by molar-refractivity contribution is 5.91. The van der Waals surface area contributed by atoms with Crippen LogP contribution >= 0.6 is 12.4 Å². The molecule has 2 amide bonds. The van der Waals surface area contributed by atoms with E-state index in [0.29, 0.717) is 6.04 Å². The Morgan fingerprint density at radius 3 is 2.43 bits per heavy atom. The molecule has 0 bridgehead atoms. The lowest BCUT2D eigenvalue weighted by atomic mass is 9.80. The molecular weight excluding hydrogens is 290 g/mol. The molecule has 3 N–H and O–H groups in total. The molecule has 6 heteroatoms. The maximum atomic E-state index is 12.7.